The van der Waals surface area contributed by atoms with Crippen LogP contribution < -0.4 is 14.4 Å². The number of anilines is 1. The first-order valence-electron chi connectivity index (χ1n) is 13.1. The first kappa shape index (κ1) is 23.9. The molecule has 1 amide bonds. The Morgan fingerprint density at radius 1 is 1.06 bits per heavy atom. The summed E-state index contributed by atoms with van der Waals surface area (Å²) >= 11 is 0. The van der Waals surface area contributed by atoms with Crippen LogP contribution in [0, 0.1) is 0 Å². The van der Waals surface area contributed by atoms with Crippen LogP contribution >= 0.6 is 0 Å². The van der Waals surface area contributed by atoms with Gasteiger partial charge >= 0.3 is 0 Å². The minimum atomic E-state index is 0.129. The number of piperazine rings is 1. The maximum absolute atomic E-state index is 13.1. The first-order valence-corrected chi connectivity index (χ1v) is 13.1. The summed E-state index contributed by atoms with van der Waals surface area (Å²) in [5.41, 5.74) is 3.19. The molecule has 1 aliphatic carbocycles. The minimum absolute atomic E-state index is 0.129. The average Bonchev–Trinajstić information content (AvgIpc) is 3.07. The summed E-state index contributed by atoms with van der Waals surface area (Å²) in [5, 5.41) is 0. The molecule has 0 bridgehead atoms. The van der Waals surface area contributed by atoms with Crippen LogP contribution in [0.2, 0.25) is 0 Å². The number of methoxy groups -OCH3 is 1. The Bertz CT molecular complexity index is 1030. The summed E-state index contributed by atoms with van der Waals surface area (Å²) in [6.07, 6.45) is 8.00. The third-order valence-electron chi connectivity index (χ3n) is 7.64. The molecule has 2 aromatic rings. The van der Waals surface area contributed by atoms with Gasteiger partial charge in [-0.05, 0) is 49.4 Å². The van der Waals surface area contributed by atoms with Gasteiger partial charge in [-0.3, -0.25) is 9.69 Å². The number of carbonyl (C=O) groups excluding carboxylic acids is 1. The van der Waals surface area contributed by atoms with Crippen LogP contribution in [-0.4, -0.2) is 84.7 Å². The summed E-state index contributed by atoms with van der Waals surface area (Å²) in [6, 6.07) is 6.53. The molecule has 0 radical (unpaired) electrons. The zero-order valence-corrected chi connectivity index (χ0v) is 21.0. The second kappa shape index (κ2) is 10.8. The molecule has 2 fully saturated rings. The highest BCUT2D eigenvalue weighted by atomic mass is 16.5. The van der Waals surface area contributed by atoms with Crippen LogP contribution in [0.1, 0.15) is 43.0 Å². The van der Waals surface area contributed by atoms with Crippen molar-refractivity contribution < 1.29 is 14.3 Å². The van der Waals surface area contributed by atoms with Gasteiger partial charge in [-0.25, -0.2) is 9.97 Å². The smallest absolute Gasteiger partial charge is 0.227 e. The molecule has 3 heterocycles. The normalized spacial score (nSPS) is 19.0. The van der Waals surface area contributed by atoms with Gasteiger partial charge in [0.1, 0.15) is 0 Å². The van der Waals surface area contributed by atoms with Gasteiger partial charge in [-0.2, -0.15) is 0 Å². The van der Waals surface area contributed by atoms with E-state index in [9.17, 15) is 4.79 Å². The Kier molecular flexibility index (Phi) is 7.37. The van der Waals surface area contributed by atoms with Gasteiger partial charge in [0.2, 0.25) is 11.9 Å². The van der Waals surface area contributed by atoms with E-state index in [0.29, 0.717) is 37.6 Å². The van der Waals surface area contributed by atoms with Crippen LogP contribution in [0.15, 0.2) is 24.4 Å². The fourth-order valence-electron chi connectivity index (χ4n) is 5.29. The summed E-state index contributed by atoms with van der Waals surface area (Å²) in [7, 11) is 1.62. The first-order chi connectivity index (χ1) is 17.1. The molecule has 188 valence electrons. The van der Waals surface area contributed by atoms with Crippen LogP contribution in [0.5, 0.6) is 11.5 Å². The van der Waals surface area contributed by atoms with Gasteiger partial charge in [-0.15, -0.1) is 0 Å². The highest BCUT2D eigenvalue weighted by Crippen LogP contribution is 2.29. The van der Waals surface area contributed by atoms with E-state index in [1.54, 1.807) is 7.11 Å². The summed E-state index contributed by atoms with van der Waals surface area (Å²) in [5.74, 6) is 2.34. The Morgan fingerprint density at radius 3 is 2.57 bits per heavy atom. The van der Waals surface area contributed by atoms with E-state index in [0.717, 1.165) is 62.3 Å². The number of hydrogen-bond acceptors (Lipinski definition) is 7. The van der Waals surface area contributed by atoms with E-state index >= 15 is 0 Å². The fraction of sp³-hybridized carbons (Fsp3) is 0.593. The second-order valence-corrected chi connectivity index (χ2v) is 9.73. The average molecular weight is 480 g/mol. The van der Waals surface area contributed by atoms with Gasteiger partial charge < -0.3 is 19.3 Å². The van der Waals surface area contributed by atoms with E-state index in [1.165, 1.54) is 24.8 Å². The predicted molar refractivity (Wildman–Crippen MR) is 135 cm³/mol. The van der Waals surface area contributed by atoms with E-state index in [-0.39, 0.29) is 5.91 Å². The van der Waals surface area contributed by atoms with Crippen molar-refractivity contribution in [2.75, 3.05) is 57.9 Å². The van der Waals surface area contributed by atoms with Gasteiger partial charge in [0.05, 0.1) is 25.8 Å². The maximum atomic E-state index is 13.1. The molecule has 1 saturated heterocycles. The zero-order valence-electron chi connectivity index (χ0n) is 21.0. The molecule has 0 unspecified atom stereocenters. The van der Waals surface area contributed by atoms with Crippen molar-refractivity contribution in [3.8, 4) is 11.5 Å². The van der Waals surface area contributed by atoms with E-state index < -0.39 is 0 Å². The van der Waals surface area contributed by atoms with E-state index in [4.69, 9.17) is 19.4 Å². The van der Waals surface area contributed by atoms with Crippen LogP contribution in [0.4, 0.5) is 5.95 Å². The third-order valence-corrected chi connectivity index (χ3v) is 7.64. The van der Waals surface area contributed by atoms with Gasteiger partial charge in [0.15, 0.2) is 11.5 Å². The lowest BCUT2D eigenvalue weighted by molar-refractivity contribution is -0.130. The topological polar surface area (TPSA) is 71.0 Å². The lowest BCUT2D eigenvalue weighted by atomic mass is 9.91. The molecule has 0 N–H and O–H groups in total. The van der Waals surface area contributed by atoms with Crippen molar-refractivity contribution >= 4 is 11.9 Å². The Hall–Kier alpha value is -2.87. The SMILES string of the molecule is CCOc1ccc(CC(=O)N2CCc3cnc(N4CCN(C5CCC5)CC4)nc3CC2)cc1OC. The van der Waals surface area contributed by atoms with Crippen LogP contribution in [0.25, 0.3) is 0 Å². The quantitative estimate of drug-likeness (QED) is 0.605. The van der Waals surface area contributed by atoms with E-state index in [1.807, 2.05) is 36.2 Å². The standard InChI is InChI=1S/C27H37N5O3/c1-3-35-24-8-7-20(17-25(24)34-2)18-26(33)31-11-9-21-19-28-27(29-23(21)10-12-31)32-15-13-30(14-16-32)22-5-4-6-22/h7-8,17,19,22H,3-6,9-16,18H2,1-2H3. The molecule has 2 aliphatic heterocycles. The molecule has 1 saturated carbocycles. The monoisotopic (exact) mass is 479 g/mol. The van der Waals surface area contributed by atoms with Gasteiger partial charge in [0, 0.05) is 57.9 Å². The number of rotatable bonds is 7. The molecule has 0 spiro atoms. The molecule has 5 rings (SSSR count). The number of ether oxygens (including phenoxy) is 2. The highest BCUT2D eigenvalue weighted by Gasteiger charge is 2.29. The molecule has 35 heavy (non-hydrogen) atoms. The summed E-state index contributed by atoms with van der Waals surface area (Å²) in [6.45, 7) is 8.08. The largest absolute Gasteiger partial charge is 0.493 e. The molecule has 1 aromatic carbocycles. The number of nitrogens with zero attached hydrogens (tertiary/aromatic N) is 5. The Morgan fingerprint density at radius 2 is 1.86 bits per heavy atom. The maximum Gasteiger partial charge on any atom is 0.227 e. The van der Waals surface area contributed by atoms with Crippen molar-refractivity contribution in [3.05, 3.63) is 41.2 Å². The van der Waals surface area contributed by atoms with Crippen molar-refractivity contribution in [2.24, 2.45) is 0 Å². The number of carbonyl (C=O) groups is 1. The van der Waals surface area contributed by atoms with Crippen molar-refractivity contribution in [3.63, 3.8) is 0 Å². The number of amides is 1. The zero-order chi connectivity index (χ0) is 24.2. The highest BCUT2D eigenvalue weighted by molar-refractivity contribution is 5.79. The van der Waals surface area contributed by atoms with E-state index in [2.05, 4.69) is 9.80 Å². The molecule has 1 aromatic heterocycles. The Labute approximate surface area is 208 Å². The molecule has 8 nitrogen and oxygen atoms in total. The third kappa shape index (κ3) is 5.37. The van der Waals surface area contributed by atoms with Crippen molar-refractivity contribution in [1.82, 2.24) is 19.8 Å². The molecule has 0 atom stereocenters. The summed E-state index contributed by atoms with van der Waals surface area (Å²) in [4.78, 5) is 29.7. The van der Waals surface area contributed by atoms with Crippen LogP contribution in [0.3, 0.4) is 0 Å². The molecular formula is C27H37N5O3. The number of hydrogen-bond donors (Lipinski definition) is 0. The van der Waals surface area contributed by atoms with Crippen molar-refractivity contribution in [1.29, 1.82) is 0 Å². The van der Waals surface area contributed by atoms with Gasteiger partial charge in [-0.1, -0.05) is 12.5 Å². The predicted octanol–water partition coefficient (Wildman–Crippen LogP) is 2.73. The Balaban J connectivity index is 1.18. The van der Waals surface area contributed by atoms with Crippen molar-refractivity contribution in [2.45, 2.75) is 51.5 Å². The molecule has 3 aliphatic rings. The molecule has 8 heteroatoms. The number of benzene rings is 1. The fourth-order valence-corrected chi connectivity index (χ4v) is 5.29. The lowest BCUT2D eigenvalue weighted by Gasteiger charge is -2.43. The number of aromatic nitrogens is 2. The van der Waals surface area contributed by atoms with Gasteiger partial charge in [0.25, 0.3) is 0 Å². The lowest BCUT2D eigenvalue weighted by Crippen LogP contribution is -2.52. The van der Waals surface area contributed by atoms with Crippen LogP contribution in [-0.2, 0) is 24.1 Å². The summed E-state index contributed by atoms with van der Waals surface area (Å²) < 4.78 is 11.0. The molecular weight excluding hydrogens is 442 g/mol. The minimum Gasteiger partial charge on any atom is -0.493 e. The number of fused-ring (bicyclic) bond motifs is 1. The second-order valence-electron chi connectivity index (χ2n) is 9.73.